The van der Waals surface area contributed by atoms with Gasteiger partial charge in [-0.15, -0.1) is 20.3 Å². The minimum absolute atomic E-state index is 0.0565. The molecule has 0 aliphatic carbocycles. The van der Waals surface area contributed by atoms with Crippen LogP contribution in [0, 0.1) is 5.92 Å². The molecule has 2 amide bonds. The first-order valence-corrected chi connectivity index (χ1v) is 19.2. The van der Waals surface area contributed by atoms with E-state index in [0.29, 0.717) is 29.7 Å². The van der Waals surface area contributed by atoms with Crippen LogP contribution in [0.4, 0.5) is 5.13 Å². The number of aromatic nitrogens is 3. The zero-order valence-corrected chi connectivity index (χ0v) is 31.2. The van der Waals surface area contributed by atoms with Gasteiger partial charge in [0.05, 0.1) is 23.4 Å². The Bertz CT molecular complexity index is 2060. The number of hydrogen-bond acceptors (Lipinski definition) is 15. The molecule has 9 N–H and O–H groups in total. The Labute approximate surface area is 313 Å². The summed E-state index contributed by atoms with van der Waals surface area (Å²) in [5.74, 6) is -2.54. The number of carboxylic acid groups (broad SMARTS) is 1. The fourth-order valence-electron chi connectivity index (χ4n) is 6.35. The second-order valence-electron chi connectivity index (χ2n) is 14.0. The number of aliphatic carboxylic acids is 1. The van der Waals surface area contributed by atoms with Gasteiger partial charge < -0.3 is 41.9 Å². The standard InChI is InChI=1S/C32H41N9O11S2/c1-31(2)26(28(44)41(31)52-54(47,48)49)37-27(43)25(22-16-53-30(34)36-22)38-51-32(3,29(45)46)24-7-5-19-8-18(4-6-23(19)50-24)20-13-39(12-17-10-35-11-17)40(14-20)15-21(42)9-33/h4,6,8,13-14,16-17,21,24,26,35,42H,5,7,9-12,15,33H2,1-3H3,(H4-,34,36,37,43,45,46,47,48,49)/p+1/b38-25-/t21-,24+,26+,32-/m0/s1. The molecule has 20 nitrogen and oxygen atoms in total. The molecule has 22 heteroatoms. The van der Waals surface area contributed by atoms with Crippen LogP contribution in [0.25, 0.3) is 11.1 Å². The number of thiazole rings is 1. The van der Waals surface area contributed by atoms with Crippen molar-refractivity contribution in [2.45, 2.75) is 76.1 Å². The molecule has 0 unspecified atom stereocenters. The fraction of sp³-hybridized carbons (Fsp3) is 0.500. The van der Waals surface area contributed by atoms with Crippen molar-refractivity contribution in [3.8, 4) is 16.9 Å². The Balaban J connectivity index is 1.21. The Morgan fingerprint density at radius 3 is 2.65 bits per heavy atom. The normalized spacial score (nSPS) is 21.6. The van der Waals surface area contributed by atoms with E-state index >= 15 is 0 Å². The van der Waals surface area contributed by atoms with Gasteiger partial charge in [0, 0.05) is 30.9 Å². The highest BCUT2D eigenvalue weighted by Crippen LogP contribution is 2.37. The van der Waals surface area contributed by atoms with E-state index in [-0.39, 0.29) is 23.8 Å². The highest BCUT2D eigenvalue weighted by molar-refractivity contribution is 7.80. The van der Waals surface area contributed by atoms with Crippen LogP contribution in [0.5, 0.6) is 5.75 Å². The minimum Gasteiger partial charge on any atom is -0.485 e. The number of aliphatic hydroxyl groups is 1. The number of nitrogens with one attached hydrogen (secondary N) is 2. The average Bonchev–Trinajstić information content (AvgIpc) is 3.71. The third-order valence-electron chi connectivity index (χ3n) is 9.69. The molecule has 5 heterocycles. The molecule has 3 aliphatic rings. The van der Waals surface area contributed by atoms with Gasteiger partial charge in [0.2, 0.25) is 6.20 Å². The maximum Gasteiger partial charge on any atom is 0.418 e. The van der Waals surface area contributed by atoms with Gasteiger partial charge in [0.25, 0.3) is 17.4 Å². The molecule has 4 atom stereocenters. The largest absolute Gasteiger partial charge is 0.485 e. The number of hydroxylamine groups is 2. The Morgan fingerprint density at radius 2 is 2.06 bits per heavy atom. The summed E-state index contributed by atoms with van der Waals surface area (Å²) in [6, 6.07) is 4.23. The summed E-state index contributed by atoms with van der Waals surface area (Å²) in [5, 5.41) is 32.1. The summed E-state index contributed by atoms with van der Waals surface area (Å²) < 4.78 is 46.0. The summed E-state index contributed by atoms with van der Waals surface area (Å²) in [6.45, 7) is 7.07. The topological polar surface area (TPSA) is 287 Å². The van der Waals surface area contributed by atoms with Crippen molar-refractivity contribution < 1.29 is 56.1 Å². The smallest absolute Gasteiger partial charge is 0.418 e. The molecule has 1 aromatic carbocycles. The van der Waals surface area contributed by atoms with E-state index in [4.69, 9.17) is 25.6 Å². The Morgan fingerprint density at radius 1 is 1.31 bits per heavy atom. The van der Waals surface area contributed by atoms with Crippen molar-refractivity contribution in [3.05, 3.63) is 47.2 Å². The monoisotopic (exact) mass is 792 g/mol. The molecule has 3 aromatic rings. The Hall–Kier alpha value is -4.71. The molecule has 2 saturated heterocycles. The molecule has 292 valence electrons. The van der Waals surface area contributed by atoms with E-state index in [1.165, 1.54) is 26.2 Å². The summed E-state index contributed by atoms with van der Waals surface area (Å²) in [6.07, 6.45) is 2.83. The summed E-state index contributed by atoms with van der Waals surface area (Å²) >= 11 is 0.965. The number of fused-ring (bicyclic) bond motifs is 1. The van der Waals surface area contributed by atoms with Gasteiger partial charge >= 0.3 is 16.4 Å². The zero-order valence-electron chi connectivity index (χ0n) is 29.5. The second-order valence-corrected chi connectivity index (χ2v) is 15.9. The van der Waals surface area contributed by atoms with Gasteiger partial charge in [-0.2, -0.15) is 18.2 Å². The number of benzene rings is 1. The van der Waals surface area contributed by atoms with Crippen molar-refractivity contribution in [1.82, 2.24) is 25.4 Å². The van der Waals surface area contributed by atoms with E-state index in [1.54, 1.807) is 6.07 Å². The molecule has 2 fully saturated rings. The van der Waals surface area contributed by atoms with Crippen LogP contribution in [-0.2, 0) is 53.4 Å². The first-order valence-electron chi connectivity index (χ1n) is 16.9. The summed E-state index contributed by atoms with van der Waals surface area (Å²) in [4.78, 5) is 48.7. The molecule has 0 saturated carbocycles. The number of amides is 2. The molecule has 0 spiro atoms. The average molecular weight is 793 g/mol. The number of aryl methyl sites for hydroxylation is 1. The minimum atomic E-state index is -5.04. The van der Waals surface area contributed by atoms with Crippen LogP contribution in [0.2, 0.25) is 0 Å². The van der Waals surface area contributed by atoms with E-state index in [2.05, 4.69) is 29.7 Å². The quantitative estimate of drug-likeness (QED) is 0.0314. The molecule has 2 aromatic heterocycles. The van der Waals surface area contributed by atoms with E-state index in [1.807, 2.05) is 29.2 Å². The van der Waals surface area contributed by atoms with Crippen LogP contribution in [0.1, 0.15) is 38.4 Å². The Kier molecular flexibility index (Phi) is 10.7. The predicted octanol–water partition coefficient (Wildman–Crippen LogP) is -1.18. The number of rotatable bonds is 15. The second kappa shape index (κ2) is 14.8. The number of oxime groups is 1. The molecule has 0 bridgehead atoms. The number of nitrogens with zero attached hydrogens (tertiary/aromatic N) is 5. The van der Waals surface area contributed by atoms with E-state index in [9.17, 15) is 33.0 Å². The third-order valence-corrected chi connectivity index (χ3v) is 10.7. The zero-order chi connectivity index (χ0) is 39.2. The first kappa shape index (κ1) is 39.0. The molecule has 54 heavy (non-hydrogen) atoms. The number of carbonyl (C=O) groups is 3. The van der Waals surface area contributed by atoms with Gasteiger partial charge in [0.1, 0.15) is 24.0 Å². The number of ether oxygens (including phenoxy) is 1. The number of nitrogen functional groups attached to an aromatic ring is 1. The number of carbonyl (C=O) groups excluding carboxylic acids is 2. The van der Waals surface area contributed by atoms with Crippen LogP contribution in [0.3, 0.4) is 0 Å². The van der Waals surface area contributed by atoms with Gasteiger partial charge in [0.15, 0.2) is 23.5 Å². The van der Waals surface area contributed by atoms with E-state index < -0.39 is 63.3 Å². The van der Waals surface area contributed by atoms with E-state index in [0.717, 1.165) is 47.7 Å². The summed E-state index contributed by atoms with van der Waals surface area (Å²) in [7, 11) is -5.04. The number of nitrogens with two attached hydrogens (primary N) is 2. The SMILES string of the molecule is CC1(C)[C@H](NC(=O)/C(=N\O[C@](C)(C(=O)O)[C@H]2CCc3cc(-c4cn(C[C@@H](O)CN)[n+](CC5CNC5)c4)ccc3O2)c2csc(N)n2)C(=O)N1OS(=O)(=O)O. The number of anilines is 1. The third kappa shape index (κ3) is 7.90. The van der Waals surface area contributed by atoms with Crippen molar-refractivity contribution in [1.29, 1.82) is 0 Å². The molecule has 0 radical (unpaired) electrons. The highest BCUT2D eigenvalue weighted by Gasteiger charge is 2.58. The van der Waals surface area contributed by atoms with Gasteiger partial charge in [-0.3, -0.25) is 14.1 Å². The van der Waals surface area contributed by atoms with Gasteiger partial charge in [-0.25, -0.2) is 9.78 Å². The molecular weight excluding hydrogens is 751 g/mol. The molecule has 3 aliphatic heterocycles. The lowest BCUT2D eigenvalue weighted by molar-refractivity contribution is -0.781. The number of carboxylic acids is 1. The van der Waals surface area contributed by atoms with Crippen LogP contribution < -0.4 is 31.5 Å². The molecule has 6 rings (SSSR count). The molecular formula is C32H42N9O11S2+. The first-order chi connectivity index (χ1) is 25.4. The maximum absolute atomic E-state index is 13.5. The highest BCUT2D eigenvalue weighted by atomic mass is 32.3. The maximum atomic E-state index is 13.5. The predicted molar refractivity (Wildman–Crippen MR) is 190 cm³/mol. The number of β-lactam (4-membered cyclic amide) rings is 1. The van der Waals surface area contributed by atoms with Crippen LogP contribution >= 0.6 is 11.3 Å². The van der Waals surface area contributed by atoms with Crippen molar-refractivity contribution in [3.63, 3.8) is 0 Å². The van der Waals surface area contributed by atoms with Crippen LogP contribution in [0.15, 0.2) is 41.1 Å². The lowest BCUT2D eigenvalue weighted by Gasteiger charge is -2.50. The fourth-order valence-corrected chi connectivity index (χ4v) is 7.35. The summed E-state index contributed by atoms with van der Waals surface area (Å²) in [5.41, 5.74) is 9.95. The lowest BCUT2D eigenvalue weighted by atomic mass is 9.84. The van der Waals surface area contributed by atoms with Crippen molar-refractivity contribution in [2.24, 2.45) is 16.8 Å². The lowest BCUT2D eigenvalue weighted by Crippen LogP contribution is -2.76. The van der Waals surface area contributed by atoms with Crippen LogP contribution in [-0.4, -0.2) is 110 Å². The number of hydrogen-bond donors (Lipinski definition) is 7. The van der Waals surface area contributed by atoms with Crippen molar-refractivity contribution >= 4 is 50.4 Å². The van der Waals surface area contributed by atoms with Gasteiger partial charge in [-0.1, -0.05) is 11.2 Å². The van der Waals surface area contributed by atoms with Gasteiger partial charge in [-0.05, 0) is 56.9 Å². The van der Waals surface area contributed by atoms with Crippen molar-refractivity contribution in [2.75, 3.05) is 25.4 Å². The number of aliphatic hydroxyl groups excluding tert-OH is 1.